The highest BCUT2D eigenvalue weighted by atomic mass is 16.3. The van der Waals surface area contributed by atoms with Crippen molar-refractivity contribution >= 4 is 27.4 Å². The average molecular weight is 322 g/mol. The molecule has 2 aromatic carbocycles. The predicted molar refractivity (Wildman–Crippen MR) is 91.4 cm³/mol. The standard InChI is InChI=1S/C18H14N2O4/c1-8(11-6-19-13-4-17(23)15(21)2-9(11)13)12-7-20-14-5-18(24)16(22)3-10(12)14/h2-7,19-24H,1H2. The number of aromatic amines is 2. The molecule has 6 N–H and O–H groups in total. The topological polar surface area (TPSA) is 112 Å². The van der Waals surface area contributed by atoms with E-state index in [9.17, 15) is 20.4 Å². The van der Waals surface area contributed by atoms with E-state index in [1.54, 1.807) is 12.4 Å². The minimum atomic E-state index is -0.211. The number of hydrogen-bond acceptors (Lipinski definition) is 4. The number of benzene rings is 2. The molecule has 0 aliphatic carbocycles. The molecule has 4 aromatic rings. The van der Waals surface area contributed by atoms with E-state index in [0.717, 1.165) is 11.1 Å². The molecule has 0 spiro atoms. The minimum Gasteiger partial charge on any atom is -0.504 e. The van der Waals surface area contributed by atoms with E-state index in [4.69, 9.17) is 0 Å². The third kappa shape index (κ3) is 1.90. The molecule has 2 aromatic heterocycles. The van der Waals surface area contributed by atoms with Crippen molar-refractivity contribution in [3.8, 4) is 23.0 Å². The van der Waals surface area contributed by atoms with Crippen molar-refractivity contribution < 1.29 is 20.4 Å². The molecule has 0 unspecified atom stereocenters. The first-order valence-corrected chi connectivity index (χ1v) is 7.21. The van der Waals surface area contributed by atoms with Gasteiger partial charge < -0.3 is 30.4 Å². The van der Waals surface area contributed by atoms with Crippen molar-refractivity contribution in [3.05, 3.63) is 54.4 Å². The Morgan fingerprint density at radius 1 is 0.667 bits per heavy atom. The quantitative estimate of drug-likeness (QED) is 0.317. The van der Waals surface area contributed by atoms with Crippen LogP contribution in [0.5, 0.6) is 23.0 Å². The fourth-order valence-corrected chi connectivity index (χ4v) is 2.94. The first-order valence-electron chi connectivity index (χ1n) is 7.21. The van der Waals surface area contributed by atoms with Gasteiger partial charge in [-0.3, -0.25) is 0 Å². The van der Waals surface area contributed by atoms with Gasteiger partial charge in [0.05, 0.1) is 0 Å². The van der Waals surface area contributed by atoms with Crippen LogP contribution in [0.25, 0.3) is 27.4 Å². The first-order chi connectivity index (χ1) is 11.5. The molecule has 0 aliphatic rings. The zero-order valence-electron chi connectivity index (χ0n) is 12.5. The number of phenolic OH excluding ortho intramolecular Hbond substituents is 4. The largest absolute Gasteiger partial charge is 0.504 e. The van der Waals surface area contributed by atoms with Crippen LogP contribution in [0.1, 0.15) is 11.1 Å². The van der Waals surface area contributed by atoms with Gasteiger partial charge in [0.15, 0.2) is 23.0 Å². The number of fused-ring (bicyclic) bond motifs is 2. The lowest BCUT2D eigenvalue weighted by molar-refractivity contribution is 0.405. The van der Waals surface area contributed by atoms with Gasteiger partial charge in [-0.2, -0.15) is 0 Å². The molecule has 0 atom stereocenters. The summed E-state index contributed by atoms with van der Waals surface area (Å²) in [7, 11) is 0. The summed E-state index contributed by atoms with van der Waals surface area (Å²) in [5, 5.41) is 40.1. The molecule has 0 bridgehead atoms. The molecule has 2 heterocycles. The Morgan fingerprint density at radius 3 is 1.46 bits per heavy atom. The van der Waals surface area contributed by atoms with E-state index in [1.807, 2.05) is 0 Å². The van der Waals surface area contributed by atoms with Crippen LogP contribution < -0.4 is 0 Å². The third-order valence-electron chi connectivity index (χ3n) is 4.20. The second-order valence-corrected chi connectivity index (χ2v) is 5.66. The molecule has 6 nitrogen and oxygen atoms in total. The summed E-state index contributed by atoms with van der Waals surface area (Å²) in [4.78, 5) is 6.07. The highest BCUT2D eigenvalue weighted by Crippen LogP contribution is 2.39. The van der Waals surface area contributed by atoms with Crippen LogP contribution in [0.2, 0.25) is 0 Å². The van der Waals surface area contributed by atoms with Gasteiger partial charge in [0.2, 0.25) is 0 Å². The molecular formula is C18H14N2O4. The van der Waals surface area contributed by atoms with Crippen molar-refractivity contribution in [2.45, 2.75) is 0 Å². The Labute approximate surface area is 135 Å². The average Bonchev–Trinajstić information content (AvgIpc) is 3.12. The SMILES string of the molecule is C=C(c1c[nH]c2cc(O)c(O)cc12)c1c[nH]c2cc(O)c(O)cc12. The first kappa shape index (κ1) is 14.1. The minimum absolute atomic E-state index is 0.200. The van der Waals surface area contributed by atoms with Gasteiger partial charge >= 0.3 is 0 Å². The lowest BCUT2D eigenvalue weighted by Gasteiger charge is -2.05. The number of rotatable bonds is 2. The van der Waals surface area contributed by atoms with Gasteiger partial charge in [-0.25, -0.2) is 0 Å². The maximum Gasteiger partial charge on any atom is 0.159 e. The second-order valence-electron chi connectivity index (χ2n) is 5.66. The monoisotopic (exact) mass is 322 g/mol. The Kier molecular flexibility index (Phi) is 2.77. The van der Waals surface area contributed by atoms with Crippen molar-refractivity contribution in [1.29, 1.82) is 0 Å². The van der Waals surface area contributed by atoms with E-state index in [-0.39, 0.29) is 23.0 Å². The highest BCUT2D eigenvalue weighted by molar-refractivity contribution is 6.03. The molecule has 0 radical (unpaired) electrons. The number of phenols is 4. The van der Waals surface area contributed by atoms with Gasteiger partial charge in [0, 0.05) is 57.5 Å². The van der Waals surface area contributed by atoms with Crippen LogP contribution in [0.4, 0.5) is 0 Å². The summed E-state index contributed by atoms with van der Waals surface area (Å²) in [6.45, 7) is 4.12. The molecule has 0 amide bonds. The fourth-order valence-electron chi connectivity index (χ4n) is 2.94. The number of hydrogen-bond donors (Lipinski definition) is 6. The normalized spacial score (nSPS) is 11.3. The van der Waals surface area contributed by atoms with Crippen LogP contribution in [-0.4, -0.2) is 30.4 Å². The van der Waals surface area contributed by atoms with E-state index in [0.29, 0.717) is 27.4 Å². The number of aromatic nitrogens is 2. The van der Waals surface area contributed by atoms with E-state index < -0.39 is 0 Å². The molecule has 0 saturated heterocycles. The molecular weight excluding hydrogens is 308 g/mol. The lowest BCUT2D eigenvalue weighted by Crippen LogP contribution is -1.83. The van der Waals surface area contributed by atoms with Crippen molar-refractivity contribution in [2.24, 2.45) is 0 Å². The molecule has 4 rings (SSSR count). The van der Waals surface area contributed by atoms with Gasteiger partial charge in [-0.05, 0) is 17.7 Å². The fraction of sp³-hybridized carbons (Fsp3) is 0. The summed E-state index contributed by atoms with van der Waals surface area (Å²) in [5.41, 5.74) is 3.52. The molecule has 0 saturated carbocycles. The molecule has 120 valence electrons. The van der Waals surface area contributed by atoms with Crippen LogP contribution >= 0.6 is 0 Å². The Bertz CT molecular complexity index is 1030. The molecule has 6 heteroatoms. The number of nitrogens with one attached hydrogen (secondary N) is 2. The maximum atomic E-state index is 9.75. The number of H-pyrrole nitrogens is 2. The number of aromatic hydroxyl groups is 4. The summed E-state index contributed by atoms with van der Waals surface area (Å²) in [5.74, 6) is -0.821. The Morgan fingerprint density at radius 2 is 1.04 bits per heavy atom. The van der Waals surface area contributed by atoms with E-state index in [1.165, 1.54) is 24.3 Å². The van der Waals surface area contributed by atoms with Crippen LogP contribution in [-0.2, 0) is 0 Å². The van der Waals surface area contributed by atoms with Gasteiger partial charge in [0.1, 0.15) is 0 Å². The Hall–Kier alpha value is -3.54. The lowest BCUT2D eigenvalue weighted by atomic mass is 9.98. The van der Waals surface area contributed by atoms with Crippen LogP contribution in [0, 0.1) is 0 Å². The van der Waals surface area contributed by atoms with Gasteiger partial charge in [-0.1, -0.05) is 6.58 Å². The van der Waals surface area contributed by atoms with Crippen molar-refractivity contribution in [3.63, 3.8) is 0 Å². The van der Waals surface area contributed by atoms with Crippen LogP contribution in [0.15, 0.2) is 43.2 Å². The summed E-state index contributed by atoms with van der Waals surface area (Å²) >= 11 is 0. The molecule has 24 heavy (non-hydrogen) atoms. The third-order valence-corrected chi connectivity index (χ3v) is 4.20. The summed E-state index contributed by atoms with van der Waals surface area (Å²) < 4.78 is 0. The predicted octanol–water partition coefficient (Wildman–Crippen LogP) is 3.53. The molecule has 0 aliphatic heterocycles. The zero-order chi connectivity index (χ0) is 17.0. The summed E-state index contributed by atoms with van der Waals surface area (Å²) in [6, 6.07) is 5.83. The second kappa shape index (κ2) is 4.73. The summed E-state index contributed by atoms with van der Waals surface area (Å²) in [6.07, 6.45) is 3.48. The Balaban J connectivity index is 1.91. The molecule has 0 fully saturated rings. The van der Waals surface area contributed by atoms with Crippen LogP contribution in [0.3, 0.4) is 0 Å². The van der Waals surface area contributed by atoms with Crippen molar-refractivity contribution in [1.82, 2.24) is 9.97 Å². The van der Waals surface area contributed by atoms with Gasteiger partial charge in [-0.15, -0.1) is 0 Å². The van der Waals surface area contributed by atoms with E-state index >= 15 is 0 Å². The smallest absolute Gasteiger partial charge is 0.159 e. The highest BCUT2D eigenvalue weighted by Gasteiger charge is 2.16. The van der Waals surface area contributed by atoms with Crippen molar-refractivity contribution in [2.75, 3.05) is 0 Å². The maximum absolute atomic E-state index is 9.75. The zero-order valence-corrected chi connectivity index (χ0v) is 12.5. The van der Waals surface area contributed by atoms with E-state index in [2.05, 4.69) is 16.5 Å². The van der Waals surface area contributed by atoms with Gasteiger partial charge in [0.25, 0.3) is 0 Å².